The minimum absolute atomic E-state index is 0.0844. The lowest BCUT2D eigenvalue weighted by atomic mass is 10.0. The first-order valence-corrected chi connectivity index (χ1v) is 10.2. The molecular formula is C24H23N3O4. The predicted molar refractivity (Wildman–Crippen MR) is 117 cm³/mol. The lowest BCUT2D eigenvalue weighted by molar-refractivity contribution is 0.0671. The number of benzene rings is 2. The molecule has 2 aromatic heterocycles. The average molecular weight is 417 g/mol. The lowest BCUT2D eigenvalue weighted by Crippen LogP contribution is -2.36. The van der Waals surface area contributed by atoms with Gasteiger partial charge in [0.1, 0.15) is 5.58 Å². The first kappa shape index (κ1) is 20.5. The van der Waals surface area contributed by atoms with Crippen LogP contribution in [0.3, 0.4) is 0 Å². The number of hydrogen-bond acceptors (Lipinski definition) is 6. The van der Waals surface area contributed by atoms with Gasteiger partial charge in [0.25, 0.3) is 5.91 Å². The Balaban J connectivity index is 1.67. The van der Waals surface area contributed by atoms with Crippen LogP contribution >= 0.6 is 0 Å². The molecule has 0 aliphatic rings. The number of fused-ring (bicyclic) bond motifs is 1. The molecule has 4 rings (SSSR count). The van der Waals surface area contributed by atoms with E-state index in [-0.39, 0.29) is 18.5 Å². The number of carbonyl (C=O) groups is 1. The molecule has 0 aliphatic heterocycles. The molecule has 2 heterocycles. The van der Waals surface area contributed by atoms with Gasteiger partial charge in [0.2, 0.25) is 11.8 Å². The van der Waals surface area contributed by atoms with Gasteiger partial charge in [0, 0.05) is 23.4 Å². The Labute approximate surface area is 179 Å². The van der Waals surface area contributed by atoms with E-state index in [1.807, 2.05) is 39.0 Å². The van der Waals surface area contributed by atoms with Gasteiger partial charge in [-0.1, -0.05) is 37.3 Å². The zero-order valence-electron chi connectivity index (χ0n) is 17.7. The van der Waals surface area contributed by atoms with Crippen LogP contribution in [-0.2, 0) is 13.0 Å². The van der Waals surface area contributed by atoms with Gasteiger partial charge in [-0.3, -0.25) is 4.79 Å². The highest BCUT2D eigenvalue weighted by atomic mass is 16.4. The van der Waals surface area contributed by atoms with Gasteiger partial charge in [-0.05, 0) is 43.7 Å². The maximum Gasteiger partial charge on any atom is 0.344 e. The second-order valence-electron chi connectivity index (χ2n) is 7.54. The Morgan fingerprint density at radius 2 is 1.77 bits per heavy atom. The topological polar surface area (TPSA) is 89.4 Å². The van der Waals surface area contributed by atoms with E-state index in [9.17, 15) is 9.59 Å². The summed E-state index contributed by atoms with van der Waals surface area (Å²) in [6.07, 6.45) is 0.638. The second-order valence-corrected chi connectivity index (χ2v) is 7.54. The van der Waals surface area contributed by atoms with E-state index >= 15 is 0 Å². The fourth-order valence-electron chi connectivity index (χ4n) is 3.38. The minimum Gasteiger partial charge on any atom is -0.423 e. The summed E-state index contributed by atoms with van der Waals surface area (Å²) in [5, 5.41) is 8.81. The lowest BCUT2D eigenvalue weighted by Gasteiger charge is -2.25. The Bertz CT molecular complexity index is 1290. The molecule has 7 heteroatoms. The Morgan fingerprint density at radius 1 is 1.00 bits per heavy atom. The van der Waals surface area contributed by atoms with E-state index in [4.69, 9.17) is 8.83 Å². The normalized spacial score (nSPS) is 11.2. The van der Waals surface area contributed by atoms with Crippen molar-refractivity contribution in [3.05, 3.63) is 82.4 Å². The van der Waals surface area contributed by atoms with Gasteiger partial charge in [-0.2, -0.15) is 0 Å². The third-order valence-corrected chi connectivity index (χ3v) is 5.06. The van der Waals surface area contributed by atoms with Gasteiger partial charge in [0.05, 0.1) is 12.1 Å². The number of para-hydroxylation sites is 1. The number of hydrogen-bond donors (Lipinski definition) is 0. The quantitative estimate of drug-likeness (QED) is 0.431. The molecule has 0 bridgehead atoms. The summed E-state index contributed by atoms with van der Waals surface area (Å²) in [6.45, 7) is 6.00. The zero-order chi connectivity index (χ0) is 22.0. The van der Waals surface area contributed by atoms with Crippen LogP contribution in [0.2, 0.25) is 0 Å². The van der Waals surface area contributed by atoms with Crippen LogP contribution in [0.4, 0.5) is 0 Å². The highest BCUT2D eigenvalue weighted by Crippen LogP contribution is 2.23. The third-order valence-electron chi connectivity index (χ3n) is 5.06. The zero-order valence-corrected chi connectivity index (χ0v) is 17.7. The Hall–Kier alpha value is -3.74. The van der Waals surface area contributed by atoms with E-state index in [2.05, 4.69) is 10.2 Å². The van der Waals surface area contributed by atoms with Crippen LogP contribution in [0.5, 0.6) is 0 Å². The first-order valence-electron chi connectivity index (χ1n) is 10.2. The summed E-state index contributed by atoms with van der Waals surface area (Å²) in [7, 11) is 0. The molecule has 0 N–H and O–H groups in total. The predicted octanol–water partition coefficient (Wildman–Crippen LogP) is 4.46. The highest BCUT2D eigenvalue weighted by molar-refractivity contribution is 5.96. The molecule has 0 saturated carbocycles. The van der Waals surface area contributed by atoms with Gasteiger partial charge in [-0.25, -0.2) is 4.79 Å². The summed E-state index contributed by atoms with van der Waals surface area (Å²) in [5.74, 6) is 0.750. The van der Waals surface area contributed by atoms with Crippen LogP contribution in [0.25, 0.3) is 22.1 Å². The fourth-order valence-corrected chi connectivity index (χ4v) is 3.38. The van der Waals surface area contributed by atoms with Crippen LogP contribution < -0.4 is 5.63 Å². The smallest absolute Gasteiger partial charge is 0.344 e. The van der Waals surface area contributed by atoms with Crippen molar-refractivity contribution < 1.29 is 13.6 Å². The third kappa shape index (κ3) is 4.26. The van der Waals surface area contributed by atoms with Crippen LogP contribution in [0.1, 0.15) is 42.9 Å². The average Bonchev–Trinajstić information content (AvgIpc) is 3.24. The van der Waals surface area contributed by atoms with Gasteiger partial charge in [0.15, 0.2) is 0 Å². The summed E-state index contributed by atoms with van der Waals surface area (Å²) < 4.78 is 11.0. The number of amides is 1. The minimum atomic E-state index is -0.443. The number of carbonyl (C=O) groups excluding carboxylic acids is 1. The highest BCUT2D eigenvalue weighted by Gasteiger charge is 2.22. The first-order chi connectivity index (χ1) is 15.0. The van der Waals surface area contributed by atoms with Crippen LogP contribution in [-0.4, -0.2) is 27.0 Å². The van der Waals surface area contributed by atoms with E-state index < -0.39 is 5.63 Å². The van der Waals surface area contributed by atoms with Gasteiger partial charge >= 0.3 is 5.63 Å². The molecule has 158 valence electrons. The van der Waals surface area contributed by atoms with Crippen molar-refractivity contribution in [3.8, 4) is 11.1 Å². The summed E-state index contributed by atoms with van der Waals surface area (Å²) in [5.41, 5.74) is 1.59. The van der Waals surface area contributed by atoms with Crippen molar-refractivity contribution in [3.63, 3.8) is 0 Å². The fraction of sp³-hybridized carbons (Fsp3) is 0.250. The Morgan fingerprint density at radius 3 is 2.52 bits per heavy atom. The maximum atomic E-state index is 13.3. The van der Waals surface area contributed by atoms with Crippen LogP contribution in [0.15, 0.2) is 68.2 Å². The molecule has 0 spiro atoms. The second kappa shape index (κ2) is 8.55. The summed E-state index contributed by atoms with van der Waals surface area (Å²) >= 11 is 0. The van der Waals surface area contributed by atoms with Crippen molar-refractivity contribution >= 4 is 16.9 Å². The van der Waals surface area contributed by atoms with Crippen molar-refractivity contribution in [2.45, 2.75) is 39.8 Å². The molecule has 4 aromatic rings. The Kier molecular flexibility index (Phi) is 5.66. The molecule has 0 atom stereocenters. The molecule has 31 heavy (non-hydrogen) atoms. The number of aromatic nitrogens is 2. The van der Waals surface area contributed by atoms with Crippen LogP contribution in [0, 0.1) is 0 Å². The molecule has 0 unspecified atom stereocenters. The van der Waals surface area contributed by atoms with Crippen molar-refractivity contribution in [1.82, 2.24) is 15.1 Å². The van der Waals surface area contributed by atoms with E-state index in [0.717, 1.165) is 5.39 Å². The van der Waals surface area contributed by atoms with Gasteiger partial charge in [-0.15, -0.1) is 10.2 Å². The van der Waals surface area contributed by atoms with Crippen molar-refractivity contribution in [2.75, 3.05) is 0 Å². The van der Waals surface area contributed by atoms with Crippen molar-refractivity contribution in [1.29, 1.82) is 0 Å². The molecule has 1 amide bonds. The molecule has 0 radical (unpaired) electrons. The largest absolute Gasteiger partial charge is 0.423 e. The van der Waals surface area contributed by atoms with E-state index in [1.54, 1.807) is 41.3 Å². The summed E-state index contributed by atoms with van der Waals surface area (Å²) in [4.78, 5) is 27.5. The number of nitrogens with zero attached hydrogens (tertiary/aromatic N) is 3. The molecule has 2 aromatic carbocycles. The molecule has 0 saturated heterocycles. The number of rotatable bonds is 6. The van der Waals surface area contributed by atoms with E-state index in [1.165, 1.54) is 0 Å². The maximum absolute atomic E-state index is 13.3. The molecule has 0 aliphatic carbocycles. The SMILES string of the molecule is CCc1nnc(CN(C(=O)c2cccc(-c3cc4ccccc4oc3=O)c2)C(C)C)o1. The standard InChI is InChI=1S/C24H23N3O4/c1-4-21-25-26-22(31-21)14-27(15(2)3)23(28)18-10-7-9-16(12-18)19-13-17-8-5-6-11-20(17)30-24(19)29/h5-13,15H,4,14H2,1-3H3. The summed E-state index contributed by atoms with van der Waals surface area (Å²) in [6, 6.07) is 16.0. The monoisotopic (exact) mass is 417 g/mol. The number of aryl methyl sites for hydroxylation is 1. The molecular weight excluding hydrogens is 394 g/mol. The molecule has 7 nitrogen and oxygen atoms in total. The van der Waals surface area contributed by atoms with E-state index in [0.29, 0.717) is 40.5 Å². The van der Waals surface area contributed by atoms with Gasteiger partial charge < -0.3 is 13.7 Å². The molecule has 0 fully saturated rings. The van der Waals surface area contributed by atoms with Crippen molar-refractivity contribution in [2.24, 2.45) is 0 Å².